The maximum Gasteiger partial charge on any atom is 0.421 e. The van der Waals surface area contributed by atoms with Gasteiger partial charge in [-0.3, -0.25) is 4.57 Å². The van der Waals surface area contributed by atoms with Crippen molar-refractivity contribution in [3.63, 3.8) is 0 Å². The summed E-state index contributed by atoms with van der Waals surface area (Å²) in [7, 11) is 0. The fourth-order valence-electron chi connectivity index (χ4n) is 1.19. The third kappa shape index (κ3) is 0.853. The van der Waals surface area contributed by atoms with Crippen molar-refractivity contribution in [2.75, 3.05) is 0 Å². The average molecular weight is 164 g/mol. The fraction of sp³-hybridized carbons (Fsp3) is 0.125. The Morgan fingerprint density at radius 3 is 2.92 bits per heavy atom. The van der Waals surface area contributed by atoms with Crippen molar-refractivity contribution in [1.29, 1.82) is 0 Å². The first kappa shape index (κ1) is 7.12. The molecule has 12 heavy (non-hydrogen) atoms. The molecule has 62 valence electrons. The van der Waals surface area contributed by atoms with E-state index >= 15 is 0 Å². The minimum atomic E-state index is -0.404. The van der Waals surface area contributed by atoms with E-state index in [2.05, 4.69) is 0 Å². The number of aromatic nitrogens is 1. The molecule has 4 heteroatoms. The van der Waals surface area contributed by atoms with Gasteiger partial charge in [-0.1, -0.05) is 12.1 Å². The van der Waals surface area contributed by atoms with Crippen LogP contribution in [-0.2, 0) is 6.67 Å². The molecule has 1 aromatic heterocycles. The summed E-state index contributed by atoms with van der Waals surface area (Å²) in [5.41, 5.74) is 6.68. The van der Waals surface area contributed by atoms with Crippen LogP contribution < -0.4 is 11.5 Å². The summed E-state index contributed by atoms with van der Waals surface area (Å²) < 4.78 is 6.30. The van der Waals surface area contributed by atoms with Crippen LogP contribution in [0.3, 0.4) is 0 Å². The number of rotatable bonds is 1. The quantitative estimate of drug-likeness (QED) is 0.668. The first-order chi connectivity index (χ1) is 5.83. The number of fused-ring (bicyclic) bond motifs is 1. The van der Waals surface area contributed by atoms with Crippen LogP contribution in [0.1, 0.15) is 0 Å². The van der Waals surface area contributed by atoms with E-state index in [-0.39, 0.29) is 6.67 Å². The van der Waals surface area contributed by atoms with E-state index in [4.69, 9.17) is 10.2 Å². The molecule has 0 saturated heterocycles. The SMILES string of the molecule is NCn1c(=O)oc2ccccc21. The summed E-state index contributed by atoms with van der Waals surface area (Å²) in [4.78, 5) is 11.1. The molecule has 0 aliphatic carbocycles. The molecule has 0 aliphatic heterocycles. The Balaban J connectivity index is 2.91. The molecule has 2 N–H and O–H groups in total. The monoisotopic (exact) mass is 164 g/mol. The molecular formula is C8H8N2O2. The zero-order chi connectivity index (χ0) is 8.55. The largest absolute Gasteiger partial charge is 0.421 e. The molecule has 1 heterocycles. The van der Waals surface area contributed by atoms with E-state index in [0.29, 0.717) is 5.58 Å². The van der Waals surface area contributed by atoms with E-state index in [1.165, 1.54) is 4.57 Å². The minimum Gasteiger partial charge on any atom is -0.408 e. The Morgan fingerprint density at radius 2 is 2.17 bits per heavy atom. The van der Waals surface area contributed by atoms with Gasteiger partial charge in [-0.15, -0.1) is 0 Å². The number of para-hydroxylation sites is 2. The number of hydrogen-bond donors (Lipinski definition) is 1. The van der Waals surface area contributed by atoms with E-state index in [1.54, 1.807) is 12.1 Å². The van der Waals surface area contributed by atoms with Crippen molar-refractivity contribution in [3.05, 3.63) is 34.8 Å². The standard InChI is InChI=1S/C8H8N2O2/c9-5-10-6-3-1-2-4-7(6)12-8(10)11/h1-4H,5,9H2. The van der Waals surface area contributed by atoms with Crippen LogP contribution in [0.2, 0.25) is 0 Å². The number of benzene rings is 1. The summed E-state index contributed by atoms with van der Waals surface area (Å²) >= 11 is 0. The Hall–Kier alpha value is -1.55. The van der Waals surface area contributed by atoms with Gasteiger partial charge in [-0.05, 0) is 12.1 Å². The van der Waals surface area contributed by atoms with Crippen LogP contribution in [0.15, 0.2) is 33.5 Å². The maximum absolute atomic E-state index is 11.1. The smallest absolute Gasteiger partial charge is 0.408 e. The van der Waals surface area contributed by atoms with Gasteiger partial charge >= 0.3 is 5.76 Å². The van der Waals surface area contributed by atoms with E-state index < -0.39 is 5.76 Å². The number of nitrogens with two attached hydrogens (primary N) is 1. The molecule has 0 radical (unpaired) electrons. The van der Waals surface area contributed by atoms with Gasteiger partial charge in [0.25, 0.3) is 0 Å². The molecule has 1 aromatic carbocycles. The molecular weight excluding hydrogens is 156 g/mol. The molecule has 0 bridgehead atoms. The first-order valence-corrected chi connectivity index (χ1v) is 3.61. The predicted molar refractivity (Wildman–Crippen MR) is 44.7 cm³/mol. The van der Waals surface area contributed by atoms with Crippen molar-refractivity contribution in [2.24, 2.45) is 5.73 Å². The Morgan fingerprint density at radius 1 is 1.42 bits per heavy atom. The summed E-state index contributed by atoms with van der Waals surface area (Å²) in [6, 6.07) is 7.19. The third-order valence-electron chi connectivity index (χ3n) is 1.76. The molecule has 0 fully saturated rings. The van der Waals surface area contributed by atoms with Crippen LogP contribution in [0.5, 0.6) is 0 Å². The number of oxazole rings is 1. The van der Waals surface area contributed by atoms with Gasteiger partial charge in [0, 0.05) is 0 Å². The van der Waals surface area contributed by atoms with Gasteiger partial charge in [-0.2, -0.15) is 0 Å². The van der Waals surface area contributed by atoms with Crippen molar-refractivity contribution >= 4 is 11.1 Å². The highest BCUT2D eigenvalue weighted by Gasteiger charge is 2.04. The average Bonchev–Trinajstić information content (AvgIpc) is 2.40. The highest BCUT2D eigenvalue weighted by atomic mass is 16.4. The second kappa shape index (κ2) is 2.49. The lowest BCUT2D eigenvalue weighted by molar-refractivity contribution is 0.509. The second-order valence-electron chi connectivity index (χ2n) is 2.45. The molecule has 0 spiro atoms. The van der Waals surface area contributed by atoms with Crippen LogP contribution in [0.4, 0.5) is 0 Å². The summed E-state index contributed by atoms with van der Waals surface area (Å²) in [6.45, 7) is 0.149. The van der Waals surface area contributed by atoms with E-state index in [1.807, 2.05) is 12.1 Å². The minimum absolute atomic E-state index is 0.149. The molecule has 0 amide bonds. The molecule has 2 aromatic rings. The Labute approximate surface area is 68.2 Å². The topological polar surface area (TPSA) is 61.2 Å². The van der Waals surface area contributed by atoms with Gasteiger partial charge in [0.15, 0.2) is 5.58 Å². The van der Waals surface area contributed by atoms with Crippen molar-refractivity contribution in [2.45, 2.75) is 6.67 Å². The Kier molecular flexibility index (Phi) is 1.48. The van der Waals surface area contributed by atoms with Gasteiger partial charge < -0.3 is 10.2 Å². The molecule has 4 nitrogen and oxygen atoms in total. The predicted octanol–water partition coefficient (Wildman–Crippen LogP) is 0.511. The van der Waals surface area contributed by atoms with Crippen LogP contribution in [-0.4, -0.2) is 4.57 Å². The second-order valence-corrected chi connectivity index (χ2v) is 2.45. The highest BCUT2D eigenvalue weighted by molar-refractivity contribution is 5.72. The number of hydrogen-bond acceptors (Lipinski definition) is 3. The zero-order valence-electron chi connectivity index (χ0n) is 6.36. The maximum atomic E-state index is 11.1. The van der Waals surface area contributed by atoms with E-state index in [0.717, 1.165) is 5.52 Å². The lowest BCUT2D eigenvalue weighted by atomic mass is 10.3. The lowest BCUT2D eigenvalue weighted by Gasteiger charge is -1.93. The van der Waals surface area contributed by atoms with E-state index in [9.17, 15) is 4.79 Å². The molecule has 0 aliphatic rings. The normalized spacial score (nSPS) is 10.8. The number of nitrogens with zero attached hydrogens (tertiary/aromatic N) is 1. The van der Waals surface area contributed by atoms with Crippen molar-refractivity contribution in [3.8, 4) is 0 Å². The van der Waals surface area contributed by atoms with Gasteiger partial charge in [-0.25, -0.2) is 4.79 Å². The van der Waals surface area contributed by atoms with Crippen molar-refractivity contribution in [1.82, 2.24) is 4.57 Å². The first-order valence-electron chi connectivity index (χ1n) is 3.61. The van der Waals surface area contributed by atoms with Gasteiger partial charge in [0.2, 0.25) is 0 Å². The van der Waals surface area contributed by atoms with Crippen molar-refractivity contribution < 1.29 is 4.42 Å². The van der Waals surface area contributed by atoms with Crippen LogP contribution in [0, 0.1) is 0 Å². The molecule has 2 rings (SSSR count). The Bertz CT molecular complexity index is 455. The highest BCUT2D eigenvalue weighted by Crippen LogP contribution is 2.10. The molecule has 0 saturated carbocycles. The summed E-state index contributed by atoms with van der Waals surface area (Å²) in [5, 5.41) is 0. The molecule has 0 unspecified atom stereocenters. The summed E-state index contributed by atoms with van der Waals surface area (Å²) in [6.07, 6.45) is 0. The molecule has 0 atom stereocenters. The third-order valence-corrected chi connectivity index (χ3v) is 1.76. The van der Waals surface area contributed by atoms with Crippen LogP contribution >= 0.6 is 0 Å². The van der Waals surface area contributed by atoms with Gasteiger partial charge in [0.05, 0.1) is 12.2 Å². The fourth-order valence-corrected chi connectivity index (χ4v) is 1.19. The zero-order valence-corrected chi connectivity index (χ0v) is 6.36. The van der Waals surface area contributed by atoms with Gasteiger partial charge in [0.1, 0.15) is 0 Å². The van der Waals surface area contributed by atoms with Crippen LogP contribution in [0.25, 0.3) is 11.1 Å². The lowest BCUT2D eigenvalue weighted by Crippen LogP contribution is -2.18. The summed E-state index contributed by atoms with van der Waals surface area (Å²) in [5.74, 6) is -0.404.